The summed E-state index contributed by atoms with van der Waals surface area (Å²) in [5, 5.41) is 0. The number of hydrogen-bond donors (Lipinski definition) is 0. The van der Waals surface area contributed by atoms with Crippen molar-refractivity contribution in [3.63, 3.8) is 0 Å². The van der Waals surface area contributed by atoms with E-state index in [1.165, 1.54) is 25.7 Å². The van der Waals surface area contributed by atoms with Crippen LogP contribution in [-0.2, 0) is 6.42 Å². The molecule has 0 aliphatic heterocycles. The van der Waals surface area contributed by atoms with E-state index in [0.717, 1.165) is 63.2 Å². The zero-order chi connectivity index (χ0) is 30.3. The van der Waals surface area contributed by atoms with Crippen LogP contribution in [0.3, 0.4) is 0 Å². The lowest BCUT2D eigenvalue weighted by molar-refractivity contribution is 0.170. The molecular weight excluding hydrogens is 544 g/mol. The van der Waals surface area contributed by atoms with Crippen molar-refractivity contribution in [2.75, 3.05) is 0 Å². The number of unbranched alkanes of at least 4 members (excludes halogenated alkanes) is 3. The van der Waals surface area contributed by atoms with Crippen molar-refractivity contribution in [2.24, 2.45) is 17.8 Å². The summed E-state index contributed by atoms with van der Waals surface area (Å²) in [6, 6.07) is 13.3. The third-order valence-corrected chi connectivity index (χ3v) is 10.2. The third-order valence-electron chi connectivity index (χ3n) is 10.2. The lowest BCUT2D eigenvalue weighted by atomic mass is 9.68. The molecule has 0 saturated heterocycles. The average Bonchev–Trinajstić information content (AvgIpc) is 3.03. The molecule has 0 nitrogen and oxygen atoms in total. The molecule has 4 heteroatoms. The standard InChI is InChI=1S/C39H46F4/c1-3-5-6-7-9-32-22-23-33(37(41)36(32)40)30-18-20-31(21-19-30)35-25-24-34(38(42)39(35)43)29-16-14-28(15-17-29)27-12-10-26(8-4-2)11-13-27/h4,8,18-29H,3,5-7,9-17H2,1-2H3/b8-4+. The van der Waals surface area contributed by atoms with Crippen LogP contribution in [-0.4, -0.2) is 0 Å². The van der Waals surface area contributed by atoms with E-state index in [4.69, 9.17) is 0 Å². The Labute approximate surface area is 255 Å². The van der Waals surface area contributed by atoms with Gasteiger partial charge in [-0.15, -0.1) is 0 Å². The molecule has 0 atom stereocenters. The Balaban J connectivity index is 1.23. The summed E-state index contributed by atoms with van der Waals surface area (Å²) in [6.07, 6.45) is 18.1. The number of allylic oxidation sites excluding steroid dienone is 2. The van der Waals surface area contributed by atoms with Gasteiger partial charge in [0.1, 0.15) is 0 Å². The highest BCUT2D eigenvalue weighted by Gasteiger charge is 2.32. The van der Waals surface area contributed by atoms with Crippen LogP contribution in [0.2, 0.25) is 0 Å². The first-order chi connectivity index (χ1) is 20.9. The van der Waals surface area contributed by atoms with Crippen molar-refractivity contribution in [2.45, 2.75) is 103 Å². The van der Waals surface area contributed by atoms with Gasteiger partial charge >= 0.3 is 0 Å². The van der Waals surface area contributed by atoms with Crippen molar-refractivity contribution < 1.29 is 17.6 Å². The van der Waals surface area contributed by atoms with E-state index in [2.05, 4.69) is 26.0 Å². The largest absolute Gasteiger partial charge is 0.203 e. The molecular formula is C39H46F4. The molecule has 2 fully saturated rings. The monoisotopic (exact) mass is 590 g/mol. The van der Waals surface area contributed by atoms with Gasteiger partial charge in [0, 0.05) is 11.1 Å². The molecule has 5 rings (SSSR count). The molecule has 2 aliphatic rings. The number of benzene rings is 3. The molecule has 0 N–H and O–H groups in total. The van der Waals surface area contributed by atoms with Crippen molar-refractivity contribution >= 4 is 0 Å². The first kappa shape index (κ1) is 31.5. The first-order valence-electron chi connectivity index (χ1n) is 16.6. The van der Waals surface area contributed by atoms with Crippen molar-refractivity contribution in [3.05, 3.63) is 95.1 Å². The summed E-state index contributed by atoms with van der Waals surface area (Å²) in [5.41, 5.74) is 2.26. The molecule has 0 aromatic heterocycles. The van der Waals surface area contributed by atoms with Gasteiger partial charge in [0.2, 0.25) is 0 Å². The van der Waals surface area contributed by atoms with Gasteiger partial charge in [0.15, 0.2) is 23.3 Å². The second-order valence-electron chi connectivity index (χ2n) is 12.9. The van der Waals surface area contributed by atoms with E-state index >= 15 is 8.78 Å². The molecule has 2 saturated carbocycles. The maximum atomic E-state index is 15.4. The Morgan fingerprint density at radius 1 is 0.605 bits per heavy atom. The minimum atomic E-state index is -0.863. The summed E-state index contributed by atoms with van der Waals surface area (Å²) >= 11 is 0. The molecule has 230 valence electrons. The molecule has 43 heavy (non-hydrogen) atoms. The van der Waals surface area contributed by atoms with Crippen LogP contribution in [0.25, 0.3) is 22.3 Å². The molecule has 0 radical (unpaired) electrons. The van der Waals surface area contributed by atoms with Gasteiger partial charge in [-0.3, -0.25) is 0 Å². The van der Waals surface area contributed by atoms with Crippen LogP contribution in [0.1, 0.15) is 108 Å². The van der Waals surface area contributed by atoms with Gasteiger partial charge in [-0.05, 0) is 117 Å². The predicted octanol–water partition coefficient (Wildman–Crippen LogP) is 12.4. The van der Waals surface area contributed by atoms with Gasteiger partial charge in [0.25, 0.3) is 0 Å². The second-order valence-corrected chi connectivity index (χ2v) is 12.9. The maximum Gasteiger partial charge on any atom is 0.166 e. The molecule has 3 aromatic carbocycles. The van der Waals surface area contributed by atoms with Crippen molar-refractivity contribution in [3.8, 4) is 22.3 Å². The van der Waals surface area contributed by atoms with Crippen LogP contribution in [0.4, 0.5) is 17.6 Å². The average molecular weight is 591 g/mol. The minimum absolute atomic E-state index is 0.0500. The second kappa shape index (κ2) is 14.7. The van der Waals surface area contributed by atoms with Crippen molar-refractivity contribution in [1.82, 2.24) is 0 Å². The van der Waals surface area contributed by atoms with E-state index in [-0.39, 0.29) is 17.0 Å². The Morgan fingerprint density at radius 3 is 1.74 bits per heavy atom. The van der Waals surface area contributed by atoms with Crippen LogP contribution in [0.15, 0.2) is 60.7 Å². The topological polar surface area (TPSA) is 0 Å². The number of aryl methyl sites for hydroxylation is 1. The SMILES string of the molecule is C/C=C/C1CCC(C2CCC(c3ccc(-c4ccc(-c5ccc(CCCCCC)c(F)c5F)cc4)c(F)c3F)CC2)CC1. The molecule has 0 heterocycles. The van der Waals surface area contributed by atoms with Gasteiger partial charge < -0.3 is 0 Å². The molecule has 0 amide bonds. The van der Waals surface area contributed by atoms with Gasteiger partial charge in [0.05, 0.1) is 0 Å². The molecule has 3 aromatic rings. The van der Waals surface area contributed by atoms with Crippen LogP contribution >= 0.6 is 0 Å². The van der Waals surface area contributed by atoms with E-state index in [9.17, 15) is 8.78 Å². The Hall–Kier alpha value is -2.88. The number of halogens is 4. The Morgan fingerprint density at radius 2 is 1.16 bits per heavy atom. The highest BCUT2D eigenvalue weighted by atomic mass is 19.2. The third kappa shape index (κ3) is 7.27. The van der Waals surface area contributed by atoms with Gasteiger partial charge in [-0.2, -0.15) is 0 Å². The smallest absolute Gasteiger partial charge is 0.166 e. The quantitative estimate of drug-likeness (QED) is 0.125. The zero-order valence-electron chi connectivity index (χ0n) is 25.8. The lowest BCUT2D eigenvalue weighted by Gasteiger charge is -2.37. The summed E-state index contributed by atoms with van der Waals surface area (Å²) in [5.74, 6) is -0.995. The highest BCUT2D eigenvalue weighted by Crippen LogP contribution is 2.45. The molecule has 0 bridgehead atoms. The fourth-order valence-electron chi connectivity index (χ4n) is 7.66. The first-order valence-corrected chi connectivity index (χ1v) is 16.6. The maximum absolute atomic E-state index is 15.4. The summed E-state index contributed by atoms with van der Waals surface area (Å²) in [6.45, 7) is 4.21. The van der Waals surface area contributed by atoms with E-state index in [0.29, 0.717) is 34.6 Å². The van der Waals surface area contributed by atoms with E-state index < -0.39 is 23.3 Å². The lowest BCUT2D eigenvalue weighted by Crippen LogP contribution is -2.25. The van der Waals surface area contributed by atoms with Crippen LogP contribution in [0, 0.1) is 41.0 Å². The summed E-state index contributed by atoms with van der Waals surface area (Å²) in [7, 11) is 0. The fourth-order valence-corrected chi connectivity index (χ4v) is 7.66. The normalized spacial score (nSPS) is 22.7. The minimum Gasteiger partial charge on any atom is -0.203 e. The Kier molecular flexibility index (Phi) is 10.8. The molecule has 0 spiro atoms. The summed E-state index contributed by atoms with van der Waals surface area (Å²) < 4.78 is 60.6. The van der Waals surface area contributed by atoms with Crippen LogP contribution < -0.4 is 0 Å². The van der Waals surface area contributed by atoms with Gasteiger partial charge in [-0.1, -0.05) is 86.9 Å². The van der Waals surface area contributed by atoms with E-state index in [1.807, 2.05) is 0 Å². The zero-order valence-corrected chi connectivity index (χ0v) is 25.8. The number of rotatable bonds is 10. The van der Waals surface area contributed by atoms with Crippen molar-refractivity contribution in [1.29, 1.82) is 0 Å². The molecule has 0 unspecified atom stereocenters. The predicted molar refractivity (Wildman–Crippen MR) is 170 cm³/mol. The van der Waals surface area contributed by atoms with Crippen LogP contribution in [0.5, 0.6) is 0 Å². The fraction of sp³-hybridized carbons (Fsp3) is 0.487. The Bertz CT molecular complexity index is 1370. The molecule has 2 aliphatic carbocycles. The van der Waals surface area contributed by atoms with E-state index in [1.54, 1.807) is 48.5 Å². The highest BCUT2D eigenvalue weighted by molar-refractivity contribution is 5.71. The van der Waals surface area contributed by atoms with Gasteiger partial charge in [-0.25, -0.2) is 17.6 Å². The summed E-state index contributed by atoms with van der Waals surface area (Å²) in [4.78, 5) is 0. The number of hydrogen-bond acceptors (Lipinski definition) is 0.